The summed E-state index contributed by atoms with van der Waals surface area (Å²) in [7, 11) is 1.63. The minimum absolute atomic E-state index is 0.102. The zero-order valence-corrected chi connectivity index (χ0v) is 15.2. The number of methoxy groups -OCH3 is 1. The second kappa shape index (κ2) is 8.29. The van der Waals surface area contributed by atoms with E-state index < -0.39 is 0 Å². The van der Waals surface area contributed by atoms with Crippen molar-refractivity contribution in [1.29, 1.82) is 0 Å². The molecule has 3 rings (SSSR count). The van der Waals surface area contributed by atoms with Gasteiger partial charge in [0.1, 0.15) is 5.75 Å². The van der Waals surface area contributed by atoms with Crippen molar-refractivity contribution >= 4 is 5.91 Å². The molecule has 2 N–H and O–H groups in total. The van der Waals surface area contributed by atoms with Crippen LogP contribution in [0.4, 0.5) is 0 Å². The fourth-order valence-electron chi connectivity index (χ4n) is 2.93. The highest BCUT2D eigenvalue weighted by molar-refractivity contribution is 5.76. The molecule has 1 aliphatic rings. The highest BCUT2D eigenvalue weighted by Gasteiger charge is 2.23. The second-order valence-corrected chi connectivity index (χ2v) is 6.58. The van der Waals surface area contributed by atoms with Gasteiger partial charge in [-0.15, -0.1) is 0 Å². The molecule has 8 heteroatoms. The van der Waals surface area contributed by atoms with Crippen LogP contribution in [0.2, 0.25) is 0 Å². The van der Waals surface area contributed by atoms with Crippen LogP contribution in [-0.2, 0) is 11.3 Å². The molecule has 8 nitrogen and oxygen atoms in total. The van der Waals surface area contributed by atoms with Crippen LogP contribution in [0, 0.1) is 0 Å². The Morgan fingerprint density at radius 3 is 2.58 bits per heavy atom. The minimum atomic E-state index is -0.102. The third kappa shape index (κ3) is 4.59. The number of carbonyl (C=O) groups excluding carboxylic acids is 1. The average Bonchev–Trinajstić information content (AvgIpc) is 3.10. The molecule has 1 saturated heterocycles. The van der Waals surface area contributed by atoms with Crippen LogP contribution in [0.15, 0.2) is 28.8 Å². The molecule has 1 aromatic carbocycles. The molecule has 26 heavy (non-hydrogen) atoms. The van der Waals surface area contributed by atoms with Crippen LogP contribution in [0.1, 0.15) is 19.2 Å². The number of nitrogens with zero attached hydrogens (tertiary/aromatic N) is 4. The Morgan fingerprint density at radius 1 is 1.27 bits per heavy atom. The van der Waals surface area contributed by atoms with Gasteiger partial charge in [-0.2, -0.15) is 4.98 Å². The summed E-state index contributed by atoms with van der Waals surface area (Å²) >= 11 is 0. The SMILES string of the molecule is COc1ccc(-c2noc(CN3CCN(C(=O)CC(C)N)CC3)n2)cc1. The molecule has 2 heterocycles. The summed E-state index contributed by atoms with van der Waals surface area (Å²) in [4.78, 5) is 20.6. The lowest BCUT2D eigenvalue weighted by Crippen LogP contribution is -2.49. The summed E-state index contributed by atoms with van der Waals surface area (Å²) in [6.45, 7) is 5.40. The Labute approximate surface area is 152 Å². The first-order valence-electron chi connectivity index (χ1n) is 8.78. The van der Waals surface area contributed by atoms with Crippen molar-refractivity contribution in [3.63, 3.8) is 0 Å². The third-order valence-electron chi connectivity index (χ3n) is 4.40. The first kappa shape index (κ1) is 18.3. The van der Waals surface area contributed by atoms with E-state index in [1.807, 2.05) is 36.1 Å². The molecule has 1 aromatic heterocycles. The summed E-state index contributed by atoms with van der Waals surface area (Å²) in [6.07, 6.45) is 0.398. The Hall–Kier alpha value is -2.45. The largest absolute Gasteiger partial charge is 0.497 e. The van der Waals surface area contributed by atoms with Gasteiger partial charge in [-0.1, -0.05) is 5.16 Å². The number of carbonyl (C=O) groups is 1. The molecule has 1 amide bonds. The molecule has 140 valence electrons. The molecule has 0 spiro atoms. The Balaban J connectivity index is 1.53. The topological polar surface area (TPSA) is 97.7 Å². The van der Waals surface area contributed by atoms with Gasteiger partial charge < -0.3 is 19.9 Å². The lowest BCUT2D eigenvalue weighted by atomic mass is 10.2. The predicted octanol–water partition coefficient (Wildman–Crippen LogP) is 1.13. The van der Waals surface area contributed by atoms with E-state index in [1.165, 1.54) is 0 Å². The van der Waals surface area contributed by atoms with Crippen LogP contribution < -0.4 is 10.5 Å². The first-order chi connectivity index (χ1) is 12.5. The lowest BCUT2D eigenvalue weighted by molar-refractivity contribution is -0.133. The number of nitrogens with two attached hydrogens (primary N) is 1. The molecule has 1 unspecified atom stereocenters. The van der Waals surface area contributed by atoms with Gasteiger partial charge in [-0.3, -0.25) is 9.69 Å². The average molecular weight is 359 g/mol. The summed E-state index contributed by atoms with van der Waals surface area (Å²) in [5.41, 5.74) is 6.59. The van der Waals surface area contributed by atoms with Gasteiger partial charge >= 0.3 is 0 Å². The fourth-order valence-corrected chi connectivity index (χ4v) is 2.93. The summed E-state index contributed by atoms with van der Waals surface area (Å²) in [6, 6.07) is 7.43. The van der Waals surface area contributed by atoms with Crippen LogP contribution in [0.3, 0.4) is 0 Å². The summed E-state index contributed by atoms with van der Waals surface area (Å²) in [5.74, 6) is 2.05. The van der Waals surface area contributed by atoms with Crippen molar-refractivity contribution in [2.75, 3.05) is 33.3 Å². The molecule has 1 atom stereocenters. The van der Waals surface area contributed by atoms with Crippen molar-refractivity contribution < 1.29 is 14.1 Å². The number of hydrogen-bond acceptors (Lipinski definition) is 7. The van der Waals surface area contributed by atoms with Gasteiger partial charge in [0.25, 0.3) is 0 Å². The van der Waals surface area contributed by atoms with E-state index in [9.17, 15) is 4.79 Å². The van der Waals surface area contributed by atoms with Crippen molar-refractivity contribution in [2.24, 2.45) is 5.73 Å². The second-order valence-electron chi connectivity index (χ2n) is 6.58. The Morgan fingerprint density at radius 2 is 1.96 bits per heavy atom. The maximum atomic E-state index is 12.1. The van der Waals surface area contributed by atoms with Crippen molar-refractivity contribution in [1.82, 2.24) is 19.9 Å². The molecular weight excluding hydrogens is 334 g/mol. The van der Waals surface area contributed by atoms with E-state index in [4.69, 9.17) is 15.0 Å². The van der Waals surface area contributed by atoms with E-state index in [0.717, 1.165) is 24.4 Å². The van der Waals surface area contributed by atoms with E-state index in [1.54, 1.807) is 7.11 Å². The zero-order valence-electron chi connectivity index (χ0n) is 15.2. The minimum Gasteiger partial charge on any atom is -0.497 e. The molecule has 0 bridgehead atoms. The van der Waals surface area contributed by atoms with Crippen molar-refractivity contribution in [3.8, 4) is 17.1 Å². The normalized spacial score (nSPS) is 16.5. The van der Waals surface area contributed by atoms with Crippen molar-refractivity contribution in [2.45, 2.75) is 25.9 Å². The smallest absolute Gasteiger partial charge is 0.241 e. The van der Waals surface area contributed by atoms with Gasteiger partial charge in [-0.05, 0) is 31.2 Å². The maximum absolute atomic E-state index is 12.1. The Bertz CT molecular complexity index is 721. The molecule has 2 aromatic rings. The van der Waals surface area contributed by atoms with Gasteiger partial charge in [-0.25, -0.2) is 0 Å². The molecule has 0 saturated carbocycles. The quantitative estimate of drug-likeness (QED) is 0.825. The number of benzene rings is 1. The summed E-state index contributed by atoms with van der Waals surface area (Å²) in [5, 5.41) is 4.05. The van der Waals surface area contributed by atoms with Crippen molar-refractivity contribution in [3.05, 3.63) is 30.2 Å². The number of ether oxygens (including phenoxy) is 1. The standard InChI is InChI=1S/C18H25N5O3/c1-13(19)11-17(24)23-9-7-22(8-10-23)12-16-20-18(21-26-16)14-3-5-15(25-2)6-4-14/h3-6,13H,7-12,19H2,1-2H3. The number of aromatic nitrogens is 2. The van der Waals surface area contributed by atoms with Crippen LogP contribution in [0.25, 0.3) is 11.4 Å². The monoisotopic (exact) mass is 359 g/mol. The predicted molar refractivity (Wildman–Crippen MR) is 96.4 cm³/mol. The zero-order chi connectivity index (χ0) is 18.5. The number of piperazine rings is 1. The van der Waals surface area contributed by atoms with Gasteiger partial charge in [0.2, 0.25) is 17.6 Å². The van der Waals surface area contributed by atoms with Gasteiger partial charge in [0.15, 0.2) is 0 Å². The maximum Gasteiger partial charge on any atom is 0.241 e. The highest BCUT2D eigenvalue weighted by atomic mass is 16.5. The highest BCUT2D eigenvalue weighted by Crippen LogP contribution is 2.20. The molecular formula is C18H25N5O3. The fraction of sp³-hybridized carbons (Fsp3) is 0.500. The van der Waals surface area contributed by atoms with E-state index >= 15 is 0 Å². The number of amides is 1. The molecule has 0 aliphatic carbocycles. The lowest BCUT2D eigenvalue weighted by Gasteiger charge is -2.34. The van der Waals surface area contributed by atoms with E-state index in [0.29, 0.717) is 37.8 Å². The number of rotatable bonds is 6. The van der Waals surface area contributed by atoms with Crippen LogP contribution in [-0.4, -0.2) is 65.2 Å². The molecule has 1 aliphatic heterocycles. The third-order valence-corrected chi connectivity index (χ3v) is 4.40. The van der Waals surface area contributed by atoms with E-state index in [-0.39, 0.29) is 11.9 Å². The van der Waals surface area contributed by atoms with Gasteiger partial charge in [0, 0.05) is 44.2 Å². The molecule has 0 radical (unpaired) electrons. The molecule has 1 fully saturated rings. The van der Waals surface area contributed by atoms with Gasteiger partial charge in [0.05, 0.1) is 13.7 Å². The Kier molecular flexibility index (Phi) is 5.85. The number of hydrogen-bond donors (Lipinski definition) is 1. The van der Waals surface area contributed by atoms with Crippen LogP contribution >= 0.6 is 0 Å². The first-order valence-corrected chi connectivity index (χ1v) is 8.78. The van der Waals surface area contributed by atoms with Crippen LogP contribution in [0.5, 0.6) is 5.75 Å². The van der Waals surface area contributed by atoms with E-state index in [2.05, 4.69) is 15.0 Å². The summed E-state index contributed by atoms with van der Waals surface area (Å²) < 4.78 is 10.5.